The Morgan fingerprint density at radius 2 is 2.00 bits per heavy atom. The number of likely N-dealkylation sites (tertiary alicyclic amines) is 1. The minimum Gasteiger partial charge on any atom is -0.454 e. The molecule has 0 radical (unpaired) electrons. The summed E-state index contributed by atoms with van der Waals surface area (Å²) in [5.41, 5.74) is 0.660. The maximum atomic E-state index is 12.9. The van der Waals surface area contributed by atoms with Crippen molar-refractivity contribution in [1.82, 2.24) is 19.4 Å². The second-order valence-corrected chi connectivity index (χ2v) is 7.77. The van der Waals surface area contributed by atoms with Gasteiger partial charge in [-0.25, -0.2) is 4.98 Å². The molecule has 0 N–H and O–H groups in total. The highest BCUT2D eigenvalue weighted by atomic mass is 16.7. The predicted octanol–water partition coefficient (Wildman–Crippen LogP) is 2.58. The summed E-state index contributed by atoms with van der Waals surface area (Å²) in [5.74, 6) is 2.99. The zero-order chi connectivity index (χ0) is 19.5. The molecule has 1 saturated heterocycles. The summed E-state index contributed by atoms with van der Waals surface area (Å²) in [7, 11) is 4.20. The Morgan fingerprint density at radius 3 is 2.79 bits per heavy atom. The predicted molar refractivity (Wildman–Crippen MR) is 106 cm³/mol. The number of aryl methyl sites for hydroxylation is 1. The minimum atomic E-state index is 0.0612. The summed E-state index contributed by atoms with van der Waals surface area (Å²) >= 11 is 0. The van der Waals surface area contributed by atoms with Gasteiger partial charge in [0.15, 0.2) is 11.5 Å². The van der Waals surface area contributed by atoms with Gasteiger partial charge in [0, 0.05) is 43.5 Å². The number of nitrogens with zero attached hydrogens (tertiary/aromatic N) is 4. The number of piperidine rings is 1. The molecule has 1 aromatic heterocycles. The molecule has 0 unspecified atom stereocenters. The number of benzene rings is 1. The van der Waals surface area contributed by atoms with E-state index in [4.69, 9.17) is 9.47 Å². The normalized spacial score (nSPS) is 16.8. The molecule has 0 bridgehead atoms. The molecule has 7 nitrogen and oxygen atoms in total. The number of amides is 1. The largest absolute Gasteiger partial charge is 0.454 e. The summed E-state index contributed by atoms with van der Waals surface area (Å²) in [6.45, 7) is 3.79. The van der Waals surface area contributed by atoms with Gasteiger partial charge >= 0.3 is 0 Å². The minimum absolute atomic E-state index is 0.0612. The average molecular weight is 384 g/mol. The molecule has 0 aliphatic carbocycles. The molecule has 3 heterocycles. The van der Waals surface area contributed by atoms with E-state index < -0.39 is 0 Å². The molecule has 0 spiro atoms. The van der Waals surface area contributed by atoms with Gasteiger partial charge < -0.3 is 23.8 Å². The second kappa shape index (κ2) is 8.22. The zero-order valence-electron chi connectivity index (χ0n) is 16.6. The van der Waals surface area contributed by atoms with Crippen molar-refractivity contribution in [1.29, 1.82) is 0 Å². The molecule has 28 heavy (non-hydrogen) atoms. The van der Waals surface area contributed by atoms with Crippen LogP contribution in [0.1, 0.15) is 41.4 Å². The number of hydrogen-bond donors (Lipinski definition) is 0. The van der Waals surface area contributed by atoms with Gasteiger partial charge in [0.25, 0.3) is 5.91 Å². The number of rotatable bonds is 6. The van der Waals surface area contributed by atoms with Gasteiger partial charge in [-0.15, -0.1) is 0 Å². The van der Waals surface area contributed by atoms with Crippen molar-refractivity contribution < 1.29 is 14.3 Å². The topological polar surface area (TPSA) is 59.8 Å². The third kappa shape index (κ3) is 3.99. The first-order valence-corrected chi connectivity index (χ1v) is 9.96. The number of ether oxygens (including phenoxy) is 2. The van der Waals surface area contributed by atoms with Gasteiger partial charge in [-0.3, -0.25) is 4.79 Å². The van der Waals surface area contributed by atoms with Crippen molar-refractivity contribution in [2.45, 2.75) is 31.7 Å². The van der Waals surface area contributed by atoms with E-state index in [2.05, 4.69) is 34.7 Å². The SMILES string of the molecule is CN(C)CCCn1ccnc1C1CCN(C(=O)c2ccc3c(c2)OCO3)CC1. The monoisotopic (exact) mass is 384 g/mol. The van der Waals surface area contributed by atoms with Crippen LogP contribution in [0.25, 0.3) is 0 Å². The van der Waals surface area contributed by atoms with Crippen molar-refractivity contribution in [2.24, 2.45) is 0 Å². The molecule has 1 aromatic carbocycles. The van der Waals surface area contributed by atoms with Gasteiger partial charge in [-0.05, 0) is 58.1 Å². The van der Waals surface area contributed by atoms with Crippen molar-refractivity contribution in [3.8, 4) is 11.5 Å². The quantitative estimate of drug-likeness (QED) is 0.766. The Bertz CT molecular complexity index is 825. The van der Waals surface area contributed by atoms with Crippen molar-refractivity contribution in [3.05, 3.63) is 42.0 Å². The number of fused-ring (bicyclic) bond motifs is 1. The van der Waals surface area contributed by atoms with Crippen LogP contribution in [0.2, 0.25) is 0 Å². The van der Waals surface area contributed by atoms with E-state index >= 15 is 0 Å². The van der Waals surface area contributed by atoms with Crippen molar-refractivity contribution in [2.75, 3.05) is 40.5 Å². The second-order valence-electron chi connectivity index (χ2n) is 7.77. The van der Waals surface area contributed by atoms with Crippen LogP contribution >= 0.6 is 0 Å². The molecule has 4 rings (SSSR count). The highest BCUT2D eigenvalue weighted by molar-refractivity contribution is 5.95. The van der Waals surface area contributed by atoms with Crippen LogP contribution in [0.15, 0.2) is 30.6 Å². The first kappa shape index (κ1) is 18.8. The molecule has 2 aromatic rings. The maximum absolute atomic E-state index is 12.9. The summed E-state index contributed by atoms with van der Waals surface area (Å²) in [6.07, 6.45) is 6.98. The van der Waals surface area contributed by atoms with Crippen LogP contribution in [-0.2, 0) is 6.54 Å². The number of carbonyl (C=O) groups excluding carboxylic acids is 1. The number of hydrogen-bond acceptors (Lipinski definition) is 5. The van der Waals surface area contributed by atoms with E-state index in [0.29, 0.717) is 23.0 Å². The first-order valence-electron chi connectivity index (χ1n) is 9.96. The molecule has 2 aliphatic heterocycles. The van der Waals surface area contributed by atoms with E-state index in [-0.39, 0.29) is 12.7 Å². The lowest BCUT2D eigenvalue weighted by molar-refractivity contribution is 0.0710. The Labute approximate surface area is 165 Å². The van der Waals surface area contributed by atoms with Crippen molar-refractivity contribution >= 4 is 5.91 Å². The van der Waals surface area contributed by atoms with Gasteiger partial charge in [0.05, 0.1) is 0 Å². The molecule has 0 atom stereocenters. The molecule has 1 fully saturated rings. The molecule has 2 aliphatic rings. The molecular weight excluding hydrogens is 356 g/mol. The fraction of sp³-hybridized carbons (Fsp3) is 0.524. The number of imidazole rings is 1. The maximum Gasteiger partial charge on any atom is 0.253 e. The third-order valence-corrected chi connectivity index (χ3v) is 5.52. The molecular formula is C21H28N4O3. The van der Waals surface area contributed by atoms with Crippen LogP contribution in [-0.4, -0.2) is 65.8 Å². The number of aromatic nitrogens is 2. The standard InChI is InChI=1S/C21H28N4O3/c1-23(2)9-3-10-24-13-8-22-20(24)16-6-11-25(12-7-16)21(26)17-4-5-18-19(14-17)28-15-27-18/h4-5,8,13-14,16H,3,6-7,9-12,15H2,1-2H3. The highest BCUT2D eigenvalue weighted by Crippen LogP contribution is 2.33. The fourth-order valence-corrected chi connectivity index (χ4v) is 3.98. The van der Waals surface area contributed by atoms with Gasteiger partial charge in [0.1, 0.15) is 5.82 Å². The van der Waals surface area contributed by atoms with E-state index in [1.807, 2.05) is 23.2 Å². The molecule has 7 heteroatoms. The van der Waals surface area contributed by atoms with Gasteiger partial charge in [0.2, 0.25) is 6.79 Å². The summed E-state index contributed by atoms with van der Waals surface area (Å²) in [6, 6.07) is 5.42. The van der Waals surface area contributed by atoms with E-state index in [1.165, 1.54) is 0 Å². The Morgan fingerprint density at radius 1 is 1.21 bits per heavy atom. The summed E-state index contributed by atoms with van der Waals surface area (Å²) < 4.78 is 13.0. The Balaban J connectivity index is 1.35. The molecule has 150 valence electrons. The molecule has 0 saturated carbocycles. The van der Waals surface area contributed by atoms with E-state index in [0.717, 1.165) is 51.3 Å². The fourth-order valence-electron chi connectivity index (χ4n) is 3.98. The van der Waals surface area contributed by atoms with Gasteiger partial charge in [-0.1, -0.05) is 0 Å². The zero-order valence-corrected chi connectivity index (χ0v) is 16.6. The number of carbonyl (C=O) groups is 1. The Kier molecular flexibility index (Phi) is 5.52. The first-order chi connectivity index (χ1) is 13.6. The molecule has 1 amide bonds. The van der Waals surface area contributed by atoms with Crippen LogP contribution in [0.4, 0.5) is 0 Å². The lowest BCUT2D eigenvalue weighted by atomic mass is 9.95. The Hall–Kier alpha value is -2.54. The van der Waals surface area contributed by atoms with Crippen LogP contribution in [0, 0.1) is 0 Å². The van der Waals surface area contributed by atoms with Crippen LogP contribution in [0.5, 0.6) is 11.5 Å². The van der Waals surface area contributed by atoms with Crippen molar-refractivity contribution in [3.63, 3.8) is 0 Å². The summed E-state index contributed by atoms with van der Waals surface area (Å²) in [4.78, 5) is 21.6. The van der Waals surface area contributed by atoms with Crippen LogP contribution < -0.4 is 9.47 Å². The van der Waals surface area contributed by atoms with Gasteiger partial charge in [-0.2, -0.15) is 0 Å². The third-order valence-electron chi connectivity index (χ3n) is 5.52. The lowest BCUT2D eigenvalue weighted by Crippen LogP contribution is -2.38. The van der Waals surface area contributed by atoms with E-state index in [9.17, 15) is 4.79 Å². The van der Waals surface area contributed by atoms with Crippen LogP contribution in [0.3, 0.4) is 0 Å². The smallest absolute Gasteiger partial charge is 0.253 e. The lowest BCUT2D eigenvalue weighted by Gasteiger charge is -2.32. The highest BCUT2D eigenvalue weighted by Gasteiger charge is 2.27. The van der Waals surface area contributed by atoms with E-state index in [1.54, 1.807) is 6.07 Å². The average Bonchev–Trinajstić information content (AvgIpc) is 3.36. The summed E-state index contributed by atoms with van der Waals surface area (Å²) in [5, 5.41) is 0.